The van der Waals surface area contributed by atoms with Gasteiger partial charge in [-0.25, -0.2) is 4.98 Å². The summed E-state index contributed by atoms with van der Waals surface area (Å²) in [6.07, 6.45) is 2.32. The average Bonchev–Trinajstić information content (AvgIpc) is 2.36. The number of aliphatic hydroxyl groups is 1. The summed E-state index contributed by atoms with van der Waals surface area (Å²) in [5.41, 5.74) is -0.630. The molecule has 0 spiro atoms. The molecule has 1 N–H and O–H groups in total. The molecule has 0 radical (unpaired) electrons. The Balaban J connectivity index is 3.21. The Bertz CT molecular complexity index is 380. The number of methoxy groups -OCH3 is 2. The molecule has 5 nitrogen and oxygen atoms in total. The van der Waals surface area contributed by atoms with Crippen molar-refractivity contribution in [2.45, 2.75) is 32.8 Å². The van der Waals surface area contributed by atoms with E-state index < -0.39 is 5.60 Å². The van der Waals surface area contributed by atoms with Gasteiger partial charge in [-0.2, -0.15) is 4.98 Å². The highest BCUT2D eigenvalue weighted by Gasteiger charge is 2.34. The quantitative estimate of drug-likeness (QED) is 0.849. The molecule has 2 atom stereocenters. The molecule has 0 aliphatic rings. The summed E-state index contributed by atoms with van der Waals surface area (Å²) in [6, 6.07) is 0. The second kappa shape index (κ2) is 5.31. The fraction of sp³-hybridized carbons (Fsp3) is 0.667. The number of ether oxygens (including phenoxy) is 2. The van der Waals surface area contributed by atoms with Crippen LogP contribution >= 0.6 is 0 Å². The van der Waals surface area contributed by atoms with Crippen LogP contribution in [0.1, 0.15) is 32.9 Å². The minimum absolute atomic E-state index is 0.0547. The second-order valence-electron chi connectivity index (χ2n) is 4.23. The molecule has 0 saturated carbocycles. The predicted molar refractivity (Wildman–Crippen MR) is 64.2 cm³/mol. The molecule has 0 aliphatic carbocycles. The largest absolute Gasteiger partial charge is 0.480 e. The molecule has 0 saturated heterocycles. The van der Waals surface area contributed by atoms with Gasteiger partial charge >= 0.3 is 0 Å². The molecule has 5 heteroatoms. The summed E-state index contributed by atoms with van der Waals surface area (Å²) in [6.45, 7) is 5.70. The van der Waals surface area contributed by atoms with E-state index in [1.807, 2.05) is 13.8 Å². The van der Waals surface area contributed by atoms with Crippen LogP contribution in [0.25, 0.3) is 0 Å². The maximum Gasteiger partial charge on any atom is 0.241 e. The van der Waals surface area contributed by atoms with E-state index in [1.165, 1.54) is 20.4 Å². The molecular weight excluding hydrogens is 220 g/mol. The summed E-state index contributed by atoms with van der Waals surface area (Å²) >= 11 is 0. The van der Waals surface area contributed by atoms with Gasteiger partial charge in [0.2, 0.25) is 11.8 Å². The maximum absolute atomic E-state index is 10.5. The summed E-state index contributed by atoms with van der Waals surface area (Å²) in [5, 5.41) is 10.5. The molecule has 0 amide bonds. The Kier molecular flexibility index (Phi) is 4.28. The monoisotopic (exact) mass is 240 g/mol. The zero-order chi connectivity index (χ0) is 13.1. The summed E-state index contributed by atoms with van der Waals surface area (Å²) in [7, 11) is 3.01. The highest BCUT2D eigenvalue weighted by atomic mass is 16.5. The van der Waals surface area contributed by atoms with Crippen LogP contribution in [0.5, 0.6) is 11.8 Å². The summed E-state index contributed by atoms with van der Waals surface area (Å²) in [5.74, 6) is 0.722. The van der Waals surface area contributed by atoms with Crippen molar-refractivity contribution < 1.29 is 14.6 Å². The number of hydrogen-bond acceptors (Lipinski definition) is 5. The van der Waals surface area contributed by atoms with Crippen LogP contribution < -0.4 is 9.47 Å². The molecule has 1 rings (SSSR count). The molecule has 17 heavy (non-hydrogen) atoms. The molecule has 0 aliphatic heterocycles. The van der Waals surface area contributed by atoms with Crippen LogP contribution in [-0.2, 0) is 5.60 Å². The van der Waals surface area contributed by atoms with E-state index in [1.54, 1.807) is 6.92 Å². The van der Waals surface area contributed by atoms with Gasteiger partial charge in [-0.15, -0.1) is 0 Å². The van der Waals surface area contributed by atoms with Crippen molar-refractivity contribution in [3.63, 3.8) is 0 Å². The van der Waals surface area contributed by atoms with E-state index in [4.69, 9.17) is 9.47 Å². The van der Waals surface area contributed by atoms with Crippen LogP contribution in [0.3, 0.4) is 0 Å². The third-order valence-electron chi connectivity index (χ3n) is 3.17. The lowest BCUT2D eigenvalue weighted by atomic mass is 9.86. The average molecular weight is 240 g/mol. The van der Waals surface area contributed by atoms with Gasteiger partial charge in [-0.05, 0) is 12.8 Å². The Labute approximate surface area is 102 Å². The molecule has 1 heterocycles. The molecule has 0 aromatic carbocycles. The molecular formula is C12H20N2O3. The van der Waals surface area contributed by atoms with E-state index in [2.05, 4.69) is 9.97 Å². The van der Waals surface area contributed by atoms with Crippen molar-refractivity contribution in [3.05, 3.63) is 11.9 Å². The van der Waals surface area contributed by atoms with Crippen molar-refractivity contribution in [3.8, 4) is 11.8 Å². The number of hydrogen-bond donors (Lipinski definition) is 1. The number of nitrogens with zero attached hydrogens (tertiary/aromatic N) is 2. The molecule has 96 valence electrons. The van der Waals surface area contributed by atoms with Crippen LogP contribution in [0, 0.1) is 5.92 Å². The number of rotatable bonds is 5. The lowest BCUT2D eigenvalue weighted by Crippen LogP contribution is -2.31. The first-order valence-electron chi connectivity index (χ1n) is 5.65. The highest BCUT2D eigenvalue weighted by molar-refractivity contribution is 5.28. The van der Waals surface area contributed by atoms with Crippen LogP contribution in [0.15, 0.2) is 6.20 Å². The van der Waals surface area contributed by atoms with Gasteiger partial charge in [0.15, 0.2) is 0 Å². The van der Waals surface area contributed by atoms with Gasteiger partial charge < -0.3 is 14.6 Å². The maximum atomic E-state index is 10.5. The lowest BCUT2D eigenvalue weighted by molar-refractivity contribution is -0.00687. The Hall–Kier alpha value is -1.36. The topological polar surface area (TPSA) is 64.5 Å². The van der Waals surface area contributed by atoms with Gasteiger partial charge in [0.05, 0.1) is 20.4 Å². The minimum atomic E-state index is -1.07. The van der Waals surface area contributed by atoms with Gasteiger partial charge in [0.25, 0.3) is 0 Å². The van der Waals surface area contributed by atoms with E-state index in [0.29, 0.717) is 17.5 Å². The van der Waals surface area contributed by atoms with E-state index in [0.717, 1.165) is 6.42 Å². The molecule has 0 bridgehead atoms. The van der Waals surface area contributed by atoms with Crippen molar-refractivity contribution in [2.75, 3.05) is 14.2 Å². The van der Waals surface area contributed by atoms with Crippen molar-refractivity contribution in [2.24, 2.45) is 5.92 Å². The van der Waals surface area contributed by atoms with Gasteiger partial charge in [0, 0.05) is 0 Å². The first-order chi connectivity index (χ1) is 7.97. The minimum Gasteiger partial charge on any atom is -0.480 e. The Morgan fingerprint density at radius 1 is 1.41 bits per heavy atom. The van der Waals surface area contributed by atoms with Crippen LogP contribution in [-0.4, -0.2) is 29.3 Å². The molecule has 1 aromatic rings. The molecule has 2 unspecified atom stereocenters. The van der Waals surface area contributed by atoms with Crippen molar-refractivity contribution in [1.82, 2.24) is 9.97 Å². The van der Waals surface area contributed by atoms with E-state index >= 15 is 0 Å². The third kappa shape index (κ3) is 2.66. The van der Waals surface area contributed by atoms with E-state index in [-0.39, 0.29) is 5.92 Å². The van der Waals surface area contributed by atoms with Crippen LogP contribution in [0.2, 0.25) is 0 Å². The van der Waals surface area contributed by atoms with Gasteiger partial charge in [-0.3, -0.25) is 0 Å². The fourth-order valence-corrected chi connectivity index (χ4v) is 1.58. The fourth-order valence-electron chi connectivity index (χ4n) is 1.58. The first kappa shape index (κ1) is 13.7. The van der Waals surface area contributed by atoms with Gasteiger partial charge in [0.1, 0.15) is 11.3 Å². The zero-order valence-corrected chi connectivity index (χ0v) is 11.0. The third-order valence-corrected chi connectivity index (χ3v) is 3.17. The predicted octanol–water partition coefficient (Wildman–Crippen LogP) is 1.75. The summed E-state index contributed by atoms with van der Waals surface area (Å²) in [4.78, 5) is 8.32. The Morgan fingerprint density at radius 3 is 2.53 bits per heavy atom. The summed E-state index contributed by atoms with van der Waals surface area (Å²) < 4.78 is 10.1. The highest BCUT2D eigenvalue weighted by Crippen LogP contribution is 2.35. The van der Waals surface area contributed by atoms with Crippen molar-refractivity contribution >= 4 is 0 Å². The lowest BCUT2D eigenvalue weighted by Gasteiger charge is -2.29. The SMILES string of the molecule is CCC(C)C(C)(O)c1ncc(OC)nc1OC. The van der Waals surface area contributed by atoms with Crippen molar-refractivity contribution in [1.29, 1.82) is 0 Å². The zero-order valence-electron chi connectivity index (χ0n) is 11.0. The first-order valence-corrected chi connectivity index (χ1v) is 5.65. The standard InChI is InChI=1S/C12H20N2O3/c1-6-8(2)12(3,15)10-11(17-5)14-9(16-4)7-13-10/h7-8,15H,6H2,1-5H3. The second-order valence-corrected chi connectivity index (χ2v) is 4.23. The Morgan fingerprint density at radius 2 is 2.06 bits per heavy atom. The van der Waals surface area contributed by atoms with Crippen LogP contribution in [0.4, 0.5) is 0 Å². The molecule has 1 aromatic heterocycles. The smallest absolute Gasteiger partial charge is 0.241 e. The normalized spacial score (nSPS) is 16.1. The van der Waals surface area contributed by atoms with E-state index in [9.17, 15) is 5.11 Å². The molecule has 0 fully saturated rings. The number of aromatic nitrogens is 2. The van der Waals surface area contributed by atoms with Gasteiger partial charge in [-0.1, -0.05) is 20.3 Å².